The highest BCUT2D eigenvalue weighted by molar-refractivity contribution is 5.75. The average molecular weight is 237 g/mol. The van der Waals surface area contributed by atoms with Crippen LogP contribution in [0.2, 0.25) is 0 Å². The minimum Gasteiger partial charge on any atom is -0.382 e. The third-order valence-electron chi connectivity index (χ3n) is 2.92. The Bertz CT molecular complexity index is 370. The van der Waals surface area contributed by atoms with E-state index in [4.69, 9.17) is 5.73 Å². The van der Waals surface area contributed by atoms with Crippen LogP contribution in [0.5, 0.6) is 0 Å². The molecule has 0 bridgehead atoms. The second kappa shape index (κ2) is 5.67. The van der Waals surface area contributed by atoms with Gasteiger partial charge in [0.05, 0.1) is 0 Å². The van der Waals surface area contributed by atoms with Crippen molar-refractivity contribution >= 4 is 11.7 Å². The molecule has 1 fully saturated rings. The Labute approximate surface area is 101 Å². The summed E-state index contributed by atoms with van der Waals surface area (Å²) in [7, 11) is 0. The maximum absolute atomic E-state index is 11.6. The van der Waals surface area contributed by atoms with Gasteiger partial charge in [0.1, 0.15) is 12.4 Å². The number of rotatable bonds is 5. The number of carbonyl (C=O) groups is 1. The third kappa shape index (κ3) is 3.74. The summed E-state index contributed by atoms with van der Waals surface area (Å²) in [6.07, 6.45) is 4.26. The lowest BCUT2D eigenvalue weighted by Crippen LogP contribution is -2.35. The number of hydrogen-bond acceptors (Lipinski definition) is 4. The molecule has 6 nitrogen and oxygen atoms in total. The molecule has 0 radical (unpaired) electrons. The second-order valence-corrected chi connectivity index (χ2v) is 4.34. The van der Waals surface area contributed by atoms with Gasteiger partial charge in [-0.25, -0.2) is 0 Å². The van der Waals surface area contributed by atoms with E-state index in [9.17, 15) is 4.79 Å². The Hall–Kier alpha value is -1.56. The first-order chi connectivity index (χ1) is 8.24. The highest BCUT2D eigenvalue weighted by atomic mass is 16.2. The number of nitrogens with zero attached hydrogens (tertiary/aromatic N) is 3. The molecule has 17 heavy (non-hydrogen) atoms. The van der Waals surface area contributed by atoms with E-state index < -0.39 is 0 Å². The Balaban J connectivity index is 1.63. The van der Waals surface area contributed by atoms with Crippen molar-refractivity contribution in [2.75, 3.05) is 31.9 Å². The molecule has 0 spiro atoms. The van der Waals surface area contributed by atoms with Gasteiger partial charge in [-0.05, 0) is 32.0 Å². The summed E-state index contributed by atoms with van der Waals surface area (Å²) in [4.78, 5) is 13.9. The Morgan fingerprint density at radius 1 is 1.47 bits per heavy atom. The number of nitrogens with one attached hydrogen (secondary N) is 1. The molecule has 0 unspecified atom stereocenters. The minimum absolute atomic E-state index is 0.0210. The largest absolute Gasteiger partial charge is 0.382 e. The van der Waals surface area contributed by atoms with Crippen LogP contribution >= 0.6 is 0 Å². The van der Waals surface area contributed by atoms with Crippen molar-refractivity contribution in [2.45, 2.75) is 19.4 Å². The van der Waals surface area contributed by atoms with Crippen molar-refractivity contribution in [1.82, 2.24) is 20.0 Å². The van der Waals surface area contributed by atoms with Gasteiger partial charge in [0.2, 0.25) is 5.91 Å². The van der Waals surface area contributed by atoms with Crippen molar-refractivity contribution < 1.29 is 4.79 Å². The summed E-state index contributed by atoms with van der Waals surface area (Å²) < 4.78 is 1.54. The van der Waals surface area contributed by atoms with Gasteiger partial charge < -0.3 is 16.0 Å². The molecule has 1 amide bonds. The van der Waals surface area contributed by atoms with Crippen LogP contribution in [0.15, 0.2) is 12.3 Å². The molecule has 1 aliphatic heterocycles. The Kier molecular flexibility index (Phi) is 3.98. The molecule has 0 saturated carbocycles. The van der Waals surface area contributed by atoms with Crippen LogP contribution in [0.1, 0.15) is 12.8 Å². The number of carbonyl (C=O) groups excluding carboxylic acids is 1. The van der Waals surface area contributed by atoms with Gasteiger partial charge in [0.25, 0.3) is 0 Å². The van der Waals surface area contributed by atoms with Crippen LogP contribution in [0.25, 0.3) is 0 Å². The maximum Gasteiger partial charge on any atom is 0.241 e. The van der Waals surface area contributed by atoms with Crippen LogP contribution in [-0.4, -0.2) is 46.8 Å². The molecule has 0 aromatic carbocycles. The molecule has 3 N–H and O–H groups in total. The molecule has 1 aromatic rings. The lowest BCUT2D eigenvalue weighted by Gasteiger charge is -2.14. The average Bonchev–Trinajstić information content (AvgIpc) is 2.90. The summed E-state index contributed by atoms with van der Waals surface area (Å²) in [6.45, 7) is 4.19. The molecular weight excluding hydrogens is 218 g/mol. The monoisotopic (exact) mass is 237 g/mol. The molecule has 2 heterocycles. The summed E-state index contributed by atoms with van der Waals surface area (Å²) in [5.41, 5.74) is 5.47. The van der Waals surface area contributed by atoms with Crippen LogP contribution in [0, 0.1) is 0 Å². The van der Waals surface area contributed by atoms with Gasteiger partial charge in [-0.15, -0.1) is 0 Å². The predicted octanol–water partition coefficient (Wildman–Crippen LogP) is -0.323. The van der Waals surface area contributed by atoms with Crippen molar-refractivity contribution in [3.05, 3.63) is 12.3 Å². The number of nitrogens with two attached hydrogens (primary N) is 1. The van der Waals surface area contributed by atoms with E-state index >= 15 is 0 Å². The number of likely N-dealkylation sites (tertiary alicyclic amines) is 1. The number of nitrogen functional groups attached to an aromatic ring is 1. The number of aromatic nitrogens is 2. The summed E-state index contributed by atoms with van der Waals surface area (Å²) in [5, 5.41) is 6.84. The quantitative estimate of drug-likeness (QED) is 0.735. The summed E-state index contributed by atoms with van der Waals surface area (Å²) in [6, 6.07) is 1.68. The molecule has 1 saturated heterocycles. The Morgan fingerprint density at radius 2 is 2.24 bits per heavy atom. The Morgan fingerprint density at radius 3 is 2.88 bits per heavy atom. The first kappa shape index (κ1) is 11.9. The smallest absolute Gasteiger partial charge is 0.241 e. The first-order valence-electron chi connectivity index (χ1n) is 6.02. The zero-order chi connectivity index (χ0) is 12.1. The van der Waals surface area contributed by atoms with E-state index in [2.05, 4.69) is 15.3 Å². The van der Waals surface area contributed by atoms with Gasteiger partial charge in [-0.3, -0.25) is 9.48 Å². The third-order valence-corrected chi connectivity index (χ3v) is 2.92. The summed E-state index contributed by atoms with van der Waals surface area (Å²) in [5.74, 6) is 0.419. The van der Waals surface area contributed by atoms with Gasteiger partial charge in [-0.2, -0.15) is 5.10 Å². The highest BCUT2D eigenvalue weighted by Crippen LogP contribution is 2.05. The van der Waals surface area contributed by atoms with E-state index in [1.807, 2.05) is 0 Å². The van der Waals surface area contributed by atoms with Crippen molar-refractivity contribution in [1.29, 1.82) is 0 Å². The van der Waals surface area contributed by atoms with Crippen molar-refractivity contribution in [3.8, 4) is 0 Å². The van der Waals surface area contributed by atoms with Gasteiger partial charge in [-0.1, -0.05) is 0 Å². The molecule has 2 rings (SSSR count). The van der Waals surface area contributed by atoms with E-state index in [1.165, 1.54) is 12.8 Å². The minimum atomic E-state index is -0.0210. The van der Waals surface area contributed by atoms with E-state index in [1.54, 1.807) is 16.9 Å². The van der Waals surface area contributed by atoms with E-state index in [0.29, 0.717) is 12.4 Å². The fraction of sp³-hybridized carbons (Fsp3) is 0.636. The van der Waals surface area contributed by atoms with Crippen LogP contribution in [0.3, 0.4) is 0 Å². The zero-order valence-electron chi connectivity index (χ0n) is 9.93. The lowest BCUT2D eigenvalue weighted by molar-refractivity contribution is -0.121. The molecule has 0 atom stereocenters. The van der Waals surface area contributed by atoms with Crippen molar-refractivity contribution in [3.63, 3.8) is 0 Å². The normalized spacial score (nSPS) is 16.2. The van der Waals surface area contributed by atoms with E-state index in [0.717, 1.165) is 19.6 Å². The molecule has 94 valence electrons. The number of hydrogen-bond donors (Lipinski definition) is 2. The lowest BCUT2D eigenvalue weighted by atomic mass is 10.4. The molecule has 1 aromatic heterocycles. The standard InChI is InChI=1S/C11H19N5O/c12-10-3-7-16(14-10)9-11(17)13-4-8-15-5-1-2-6-15/h3,7H,1-2,4-6,8-9H2,(H2,12,14)(H,13,17). The maximum atomic E-state index is 11.6. The molecule has 0 aliphatic carbocycles. The highest BCUT2D eigenvalue weighted by Gasteiger charge is 2.11. The van der Waals surface area contributed by atoms with Gasteiger partial charge >= 0.3 is 0 Å². The fourth-order valence-electron chi connectivity index (χ4n) is 2.03. The van der Waals surface area contributed by atoms with Crippen LogP contribution in [0.4, 0.5) is 5.82 Å². The summed E-state index contributed by atoms with van der Waals surface area (Å²) >= 11 is 0. The topological polar surface area (TPSA) is 76.2 Å². The first-order valence-corrected chi connectivity index (χ1v) is 6.02. The van der Waals surface area contributed by atoms with Crippen molar-refractivity contribution in [2.24, 2.45) is 0 Å². The molecule has 1 aliphatic rings. The van der Waals surface area contributed by atoms with Crippen LogP contribution in [-0.2, 0) is 11.3 Å². The predicted molar refractivity (Wildman–Crippen MR) is 65.3 cm³/mol. The number of amides is 1. The molecular formula is C11H19N5O. The van der Waals surface area contributed by atoms with Gasteiger partial charge in [0.15, 0.2) is 0 Å². The zero-order valence-corrected chi connectivity index (χ0v) is 9.93. The SMILES string of the molecule is Nc1ccn(CC(=O)NCCN2CCCC2)n1. The van der Waals surface area contributed by atoms with Crippen LogP contribution < -0.4 is 11.1 Å². The molecule has 6 heteroatoms. The second-order valence-electron chi connectivity index (χ2n) is 4.34. The fourth-order valence-corrected chi connectivity index (χ4v) is 2.03. The van der Waals surface area contributed by atoms with Gasteiger partial charge in [0, 0.05) is 19.3 Å². The number of anilines is 1. The van der Waals surface area contributed by atoms with E-state index in [-0.39, 0.29) is 12.5 Å².